The number of amides is 1. The van der Waals surface area contributed by atoms with Gasteiger partial charge in [-0.3, -0.25) is 9.36 Å². The Kier molecular flexibility index (Phi) is 6.49. The zero-order valence-corrected chi connectivity index (χ0v) is 18.0. The van der Waals surface area contributed by atoms with E-state index in [9.17, 15) is 10.1 Å². The summed E-state index contributed by atoms with van der Waals surface area (Å²) in [5, 5.41) is 21.3. The average molecular weight is 442 g/mol. The molecule has 4 rings (SSSR count). The number of methoxy groups -OCH3 is 1. The van der Waals surface area contributed by atoms with Crippen LogP contribution >= 0.6 is 11.8 Å². The Bertz CT molecular complexity index is 1280. The maximum atomic E-state index is 12.5. The van der Waals surface area contributed by atoms with E-state index in [0.29, 0.717) is 22.2 Å². The lowest BCUT2D eigenvalue weighted by Crippen LogP contribution is -2.15. The first-order valence-corrected chi connectivity index (χ1v) is 10.7. The Morgan fingerprint density at radius 1 is 1.06 bits per heavy atom. The molecule has 0 aliphatic heterocycles. The molecular weight excluding hydrogens is 422 g/mol. The lowest BCUT2D eigenvalue weighted by Gasteiger charge is -2.11. The molecule has 0 spiro atoms. The monoisotopic (exact) mass is 441 g/mol. The molecule has 3 aromatic carbocycles. The van der Waals surface area contributed by atoms with Gasteiger partial charge in [-0.25, -0.2) is 0 Å². The highest BCUT2D eigenvalue weighted by molar-refractivity contribution is 7.99. The molecule has 32 heavy (non-hydrogen) atoms. The number of hydrogen-bond acceptors (Lipinski definition) is 6. The fourth-order valence-corrected chi connectivity index (χ4v) is 3.88. The smallest absolute Gasteiger partial charge is 0.234 e. The lowest BCUT2D eigenvalue weighted by atomic mass is 10.2. The van der Waals surface area contributed by atoms with E-state index in [1.54, 1.807) is 31.4 Å². The number of nitrogens with one attached hydrogen (secondary N) is 1. The summed E-state index contributed by atoms with van der Waals surface area (Å²) in [6.45, 7) is 0. The van der Waals surface area contributed by atoms with Crippen molar-refractivity contribution in [1.29, 1.82) is 5.26 Å². The molecule has 1 amide bonds. The van der Waals surface area contributed by atoms with E-state index in [1.165, 1.54) is 11.8 Å². The van der Waals surface area contributed by atoms with Crippen molar-refractivity contribution in [3.05, 3.63) is 84.4 Å². The van der Waals surface area contributed by atoms with Gasteiger partial charge >= 0.3 is 0 Å². The van der Waals surface area contributed by atoms with Crippen molar-refractivity contribution in [2.24, 2.45) is 0 Å². The van der Waals surface area contributed by atoms with Gasteiger partial charge in [0.1, 0.15) is 11.8 Å². The number of para-hydroxylation sites is 2. The number of nitrogens with zero attached hydrogens (tertiary/aromatic N) is 4. The maximum absolute atomic E-state index is 12.5. The van der Waals surface area contributed by atoms with Crippen LogP contribution < -0.4 is 10.1 Å². The summed E-state index contributed by atoms with van der Waals surface area (Å²) in [7, 11) is 1.62. The van der Waals surface area contributed by atoms with E-state index in [4.69, 9.17) is 4.74 Å². The second kappa shape index (κ2) is 9.81. The van der Waals surface area contributed by atoms with Gasteiger partial charge in [0.25, 0.3) is 0 Å². The number of thioether (sulfide) groups is 1. The van der Waals surface area contributed by atoms with Gasteiger partial charge in [-0.2, -0.15) is 5.26 Å². The van der Waals surface area contributed by atoms with Crippen LogP contribution in [0.4, 0.5) is 5.69 Å². The number of anilines is 1. The highest BCUT2D eigenvalue weighted by Gasteiger charge is 2.18. The van der Waals surface area contributed by atoms with Gasteiger partial charge in [0.05, 0.1) is 24.1 Å². The first-order valence-electron chi connectivity index (χ1n) is 9.76. The molecule has 0 radical (unpaired) electrons. The summed E-state index contributed by atoms with van der Waals surface area (Å²) in [5.74, 6) is 1.24. The zero-order valence-electron chi connectivity index (χ0n) is 17.2. The fourth-order valence-electron chi connectivity index (χ4n) is 3.13. The summed E-state index contributed by atoms with van der Waals surface area (Å²) < 4.78 is 7.26. The number of nitriles is 1. The molecule has 0 aliphatic carbocycles. The second-order valence-corrected chi connectivity index (χ2v) is 7.65. The Labute approximate surface area is 189 Å². The Morgan fingerprint density at radius 2 is 1.84 bits per heavy atom. The number of aromatic nitrogens is 3. The van der Waals surface area contributed by atoms with Crippen molar-refractivity contribution in [2.75, 3.05) is 18.2 Å². The number of ether oxygens (including phenoxy) is 1. The third-order valence-electron chi connectivity index (χ3n) is 4.63. The summed E-state index contributed by atoms with van der Waals surface area (Å²) in [6.07, 6.45) is 0. The molecule has 158 valence electrons. The van der Waals surface area contributed by atoms with E-state index in [1.807, 2.05) is 59.2 Å². The molecule has 0 saturated heterocycles. The molecule has 0 atom stereocenters. The van der Waals surface area contributed by atoms with E-state index in [2.05, 4.69) is 21.6 Å². The van der Waals surface area contributed by atoms with Crippen LogP contribution in [0.1, 0.15) is 5.56 Å². The zero-order chi connectivity index (χ0) is 22.3. The molecule has 1 heterocycles. The molecular formula is C24H19N5O2S. The summed E-state index contributed by atoms with van der Waals surface area (Å²) in [6, 6.07) is 26.3. The Balaban J connectivity index is 1.61. The fraction of sp³-hybridized carbons (Fsp3) is 0.0833. The molecule has 4 aromatic rings. The standard InChI is InChI=1S/C24H19N5O2S/c1-31-20-12-7-9-17(14-20)23-27-28-24(29(23)19-10-3-2-4-11-19)32-16-22(30)26-21-13-6-5-8-18(21)15-25/h2-14H,16H2,1H3,(H,26,30). The van der Waals surface area contributed by atoms with Crippen LogP contribution in [0.3, 0.4) is 0 Å². The van der Waals surface area contributed by atoms with Crippen LogP contribution in [0.25, 0.3) is 17.1 Å². The number of hydrogen-bond donors (Lipinski definition) is 1. The minimum Gasteiger partial charge on any atom is -0.497 e. The normalized spacial score (nSPS) is 10.4. The van der Waals surface area contributed by atoms with Crippen molar-refractivity contribution in [1.82, 2.24) is 14.8 Å². The van der Waals surface area contributed by atoms with Crippen molar-refractivity contribution in [3.63, 3.8) is 0 Å². The van der Waals surface area contributed by atoms with Crippen LogP contribution in [0, 0.1) is 11.3 Å². The van der Waals surface area contributed by atoms with Crippen LogP contribution in [0.2, 0.25) is 0 Å². The molecule has 7 nitrogen and oxygen atoms in total. The molecule has 0 saturated carbocycles. The molecule has 1 N–H and O–H groups in total. The molecule has 0 aliphatic rings. The predicted molar refractivity (Wildman–Crippen MR) is 124 cm³/mol. The number of rotatable bonds is 7. The maximum Gasteiger partial charge on any atom is 0.234 e. The molecule has 1 aromatic heterocycles. The first-order chi connectivity index (χ1) is 15.7. The topological polar surface area (TPSA) is 92.8 Å². The van der Waals surface area contributed by atoms with Crippen LogP contribution in [-0.2, 0) is 4.79 Å². The SMILES string of the molecule is COc1cccc(-c2nnc(SCC(=O)Nc3ccccc3C#N)n2-c2ccccc2)c1. The van der Waals surface area contributed by atoms with Gasteiger partial charge in [0.2, 0.25) is 5.91 Å². The van der Waals surface area contributed by atoms with E-state index >= 15 is 0 Å². The van der Waals surface area contributed by atoms with Gasteiger partial charge in [-0.15, -0.1) is 10.2 Å². The second-order valence-electron chi connectivity index (χ2n) is 6.70. The van der Waals surface area contributed by atoms with E-state index in [0.717, 1.165) is 17.0 Å². The summed E-state index contributed by atoms with van der Waals surface area (Å²) in [4.78, 5) is 12.5. The number of benzene rings is 3. The highest BCUT2D eigenvalue weighted by Crippen LogP contribution is 2.29. The lowest BCUT2D eigenvalue weighted by molar-refractivity contribution is -0.113. The summed E-state index contributed by atoms with van der Waals surface area (Å²) >= 11 is 1.27. The minimum atomic E-state index is -0.233. The molecule has 0 bridgehead atoms. The third-order valence-corrected chi connectivity index (χ3v) is 5.56. The minimum absolute atomic E-state index is 0.114. The Hall–Kier alpha value is -4.09. The van der Waals surface area contributed by atoms with Crippen LogP contribution in [0.5, 0.6) is 5.75 Å². The highest BCUT2D eigenvalue weighted by atomic mass is 32.2. The quantitative estimate of drug-likeness (QED) is 0.423. The van der Waals surface area contributed by atoms with Gasteiger partial charge in [0, 0.05) is 11.3 Å². The van der Waals surface area contributed by atoms with Gasteiger partial charge < -0.3 is 10.1 Å². The third kappa shape index (κ3) is 4.63. The average Bonchev–Trinajstić information content (AvgIpc) is 3.27. The Morgan fingerprint density at radius 3 is 2.62 bits per heavy atom. The van der Waals surface area contributed by atoms with Crippen molar-refractivity contribution < 1.29 is 9.53 Å². The molecule has 0 fully saturated rings. The van der Waals surface area contributed by atoms with Gasteiger partial charge in [0.15, 0.2) is 11.0 Å². The van der Waals surface area contributed by atoms with Gasteiger partial charge in [-0.05, 0) is 36.4 Å². The molecule has 8 heteroatoms. The van der Waals surface area contributed by atoms with E-state index < -0.39 is 0 Å². The van der Waals surface area contributed by atoms with Gasteiger partial charge in [-0.1, -0.05) is 54.2 Å². The number of carbonyl (C=O) groups is 1. The van der Waals surface area contributed by atoms with Crippen LogP contribution in [-0.4, -0.2) is 33.5 Å². The first kappa shape index (κ1) is 21.2. The van der Waals surface area contributed by atoms with Crippen LogP contribution in [0.15, 0.2) is 84.0 Å². The predicted octanol–water partition coefficient (Wildman–Crippen LogP) is 4.55. The summed E-state index contributed by atoms with van der Waals surface area (Å²) in [5.41, 5.74) is 2.63. The molecule has 0 unspecified atom stereocenters. The van der Waals surface area contributed by atoms with Crippen molar-refractivity contribution in [2.45, 2.75) is 5.16 Å². The van der Waals surface area contributed by atoms with Crippen molar-refractivity contribution in [3.8, 4) is 28.9 Å². The van der Waals surface area contributed by atoms with Crippen molar-refractivity contribution >= 4 is 23.4 Å². The van der Waals surface area contributed by atoms with E-state index in [-0.39, 0.29) is 11.7 Å². The number of carbonyl (C=O) groups excluding carboxylic acids is 1. The largest absolute Gasteiger partial charge is 0.497 e.